The van der Waals surface area contributed by atoms with Gasteiger partial charge in [-0.1, -0.05) is 34.1 Å². The van der Waals surface area contributed by atoms with Crippen LogP contribution in [0.3, 0.4) is 0 Å². The van der Waals surface area contributed by atoms with Crippen molar-refractivity contribution in [3.05, 3.63) is 81.8 Å². The Kier molecular flexibility index (Phi) is 7.84. The number of ether oxygens (including phenoxy) is 4. The molecule has 1 heterocycles. The molecule has 0 saturated heterocycles. The van der Waals surface area contributed by atoms with Crippen LogP contribution in [-0.2, 0) is 22.7 Å². The lowest BCUT2D eigenvalue weighted by Crippen LogP contribution is -2.37. The van der Waals surface area contributed by atoms with Crippen LogP contribution in [0.25, 0.3) is 0 Å². The summed E-state index contributed by atoms with van der Waals surface area (Å²) in [5.74, 6) is 0.634. The van der Waals surface area contributed by atoms with Crippen LogP contribution in [0.15, 0.2) is 70.2 Å². The summed E-state index contributed by atoms with van der Waals surface area (Å²) in [7, 11) is 1.54. The van der Waals surface area contributed by atoms with Crippen LogP contribution >= 0.6 is 15.9 Å². The molecule has 180 valence electrons. The molecule has 0 fully saturated rings. The summed E-state index contributed by atoms with van der Waals surface area (Å²) >= 11 is 3.41. The van der Waals surface area contributed by atoms with Gasteiger partial charge in [0, 0.05) is 11.0 Å². The van der Waals surface area contributed by atoms with E-state index in [1.54, 1.807) is 36.4 Å². The molecule has 0 spiro atoms. The molecule has 4 rings (SSSR count). The molecule has 1 aliphatic heterocycles. The zero-order valence-corrected chi connectivity index (χ0v) is 20.3. The fourth-order valence-electron chi connectivity index (χ4n) is 3.16. The Morgan fingerprint density at radius 1 is 0.971 bits per heavy atom. The van der Waals surface area contributed by atoms with Gasteiger partial charge < -0.3 is 24.3 Å². The summed E-state index contributed by atoms with van der Waals surface area (Å²) in [6, 6.07) is 18.3. The van der Waals surface area contributed by atoms with E-state index >= 15 is 0 Å². The topological polar surface area (TPSA) is 107 Å². The summed E-state index contributed by atoms with van der Waals surface area (Å²) in [4.78, 5) is 24.1. The van der Waals surface area contributed by atoms with Crippen molar-refractivity contribution >= 4 is 34.0 Å². The van der Waals surface area contributed by atoms with Gasteiger partial charge in [0.2, 0.25) is 6.79 Å². The van der Waals surface area contributed by atoms with Crippen LogP contribution in [0.4, 0.5) is 0 Å². The number of amides is 2. The zero-order valence-electron chi connectivity index (χ0n) is 18.7. The van der Waals surface area contributed by atoms with E-state index in [0.29, 0.717) is 35.2 Å². The third-order valence-electron chi connectivity index (χ3n) is 4.97. The summed E-state index contributed by atoms with van der Waals surface area (Å²) in [5, 5.41) is 6.38. The first-order valence-corrected chi connectivity index (χ1v) is 11.4. The van der Waals surface area contributed by atoms with Gasteiger partial charge in [0.15, 0.2) is 23.0 Å². The SMILES string of the molecule is COc1cc(/C=N\NC(=O)C(=O)NCc2ccc3c(c2)OCO3)ccc1OCc1ccc(Br)cc1. The van der Waals surface area contributed by atoms with E-state index in [-0.39, 0.29) is 13.3 Å². The number of nitrogens with one attached hydrogen (secondary N) is 2. The van der Waals surface area contributed by atoms with Crippen molar-refractivity contribution in [2.24, 2.45) is 5.10 Å². The molecule has 3 aromatic carbocycles. The molecule has 9 nitrogen and oxygen atoms in total. The van der Waals surface area contributed by atoms with Gasteiger partial charge in [-0.05, 0) is 59.2 Å². The van der Waals surface area contributed by atoms with Gasteiger partial charge in [-0.25, -0.2) is 5.43 Å². The maximum absolute atomic E-state index is 12.1. The highest BCUT2D eigenvalue weighted by Gasteiger charge is 2.15. The first-order chi connectivity index (χ1) is 17.0. The number of benzene rings is 3. The second-order valence-electron chi connectivity index (χ2n) is 7.39. The highest BCUT2D eigenvalue weighted by molar-refractivity contribution is 9.10. The molecular formula is C25H22BrN3O6. The third-order valence-corrected chi connectivity index (χ3v) is 5.50. The van der Waals surface area contributed by atoms with Gasteiger partial charge in [0.05, 0.1) is 13.3 Å². The molecule has 2 amide bonds. The van der Waals surface area contributed by atoms with Crippen LogP contribution in [-0.4, -0.2) is 31.9 Å². The van der Waals surface area contributed by atoms with E-state index in [0.717, 1.165) is 15.6 Å². The minimum Gasteiger partial charge on any atom is -0.493 e. The van der Waals surface area contributed by atoms with Crippen molar-refractivity contribution in [3.63, 3.8) is 0 Å². The number of methoxy groups -OCH3 is 1. The first-order valence-electron chi connectivity index (χ1n) is 10.6. The lowest BCUT2D eigenvalue weighted by molar-refractivity contribution is -0.139. The first kappa shape index (κ1) is 24.1. The van der Waals surface area contributed by atoms with Crippen LogP contribution in [0.5, 0.6) is 23.0 Å². The second kappa shape index (κ2) is 11.4. The minimum atomic E-state index is -0.886. The molecule has 0 radical (unpaired) electrons. The van der Waals surface area contributed by atoms with E-state index in [1.165, 1.54) is 13.3 Å². The molecule has 0 bridgehead atoms. The average Bonchev–Trinajstić information content (AvgIpc) is 3.35. The van der Waals surface area contributed by atoms with Crippen LogP contribution < -0.4 is 29.7 Å². The van der Waals surface area contributed by atoms with E-state index in [1.807, 2.05) is 24.3 Å². The zero-order chi connectivity index (χ0) is 24.6. The molecule has 0 unspecified atom stereocenters. The molecule has 0 saturated carbocycles. The monoisotopic (exact) mass is 539 g/mol. The van der Waals surface area contributed by atoms with Gasteiger partial charge in [-0.15, -0.1) is 0 Å². The number of hydrazone groups is 1. The van der Waals surface area contributed by atoms with Crippen molar-refractivity contribution in [1.29, 1.82) is 0 Å². The van der Waals surface area contributed by atoms with Crippen LogP contribution in [0.2, 0.25) is 0 Å². The largest absolute Gasteiger partial charge is 0.493 e. The Balaban J connectivity index is 1.27. The number of rotatable bonds is 8. The molecule has 0 aliphatic carbocycles. The van der Waals surface area contributed by atoms with Crippen molar-refractivity contribution in [2.45, 2.75) is 13.2 Å². The Morgan fingerprint density at radius 2 is 1.74 bits per heavy atom. The Labute approximate surface area is 210 Å². The minimum absolute atomic E-state index is 0.158. The van der Waals surface area contributed by atoms with Gasteiger partial charge in [-0.3, -0.25) is 9.59 Å². The number of hydrogen-bond acceptors (Lipinski definition) is 7. The van der Waals surface area contributed by atoms with Crippen LogP contribution in [0, 0.1) is 0 Å². The molecule has 2 N–H and O–H groups in total. The predicted octanol–water partition coefficient (Wildman–Crippen LogP) is 3.53. The van der Waals surface area contributed by atoms with Crippen LogP contribution in [0.1, 0.15) is 16.7 Å². The van der Waals surface area contributed by atoms with Gasteiger partial charge in [0.25, 0.3) is 0 Å². The number of fused-ring (bicyclic) bond motifs is 1. The fraction of sp³-hybridized carbons (Fsp3) is 0.160. The maximum Gasteiger partial charge on any atom is 0.329 e. The molecule has 10 heteroatoms. The molecule has 0 aromatic heterocycles. The lowest BCUT2D eigenvalue weighted by atomic mass is 10.2. The standard InChI is InChI=1S/C25H22BrN3O6/c1-32-22-10-18(5-8-20(22)33-14-16-2-6-19(26)7-3-16)13-28-29-25(31)24(30)27-12-17-4-9-21-23(11-17)35-15-34-21/h2-11,13H,12,14-15H2,1H3,(H,27,30)(H,29,31)/b28-13-. The van der Waals surface area contributed by atoms with Crippen molar-refractivity contribution in [1.82, 2.24) is 10.7 Å². The maximum atomic E-state index is 12.1. The Hall–Kier alpha value is -4.05. The number of hydrogen-bond donors (Lipinski definition) is 2. The molecule has 0 atom stereocenters. The van der Waals surface area contributed by atoms with Crippen molar-refractivity contribution in [3.8, 4) is 23.0 Å². The fourth-order valence-corrected chi connectivity index (χ4v) is 3.42. The second-order valence-corrected chi connectivity index (χ2v) is 8.31. The quantitative estimate of drug-likeness (QED) is 0.257. The smallest absolute Gasteiger partial charge is 0.329 e. The van der Waals surface area contributed by atoms with Crippen molar-refractivity contribution < 1.29 is 28.5 Å². The predicted molar refractivity (Wildman–Crippen MR) is 132 cm³/mol. The van der Waals surface area contributed by atoms with Gasteiger partial charge in [0.1, 0.15) is 6.61 Å². The molecule has 35 heavy (non-hydrogen) atoms. The van der Waals surface area contributed by atoms with Gasteiger partial charge >= 0.3 is 11.8 Å². The van der Waals surface area contributed by atoms with Gasteiger partial charge in [-0.2, -0.15) is 5.10 Å². The lowest BCUT2D eigenvalue weighted by Gasteiger charge is -2.11. The summed E-state index contributed by atoms with van der Waals surface area (Å²) < 4.78 is 22.8. The number of halogens is 1. The molecule has 3 aromatic rings. The molecular weight excluding hydrogens is 518 g/mol. The number of carbonyl (C=O) groups is 2. The Bertz CT molecular complexity index is 1250. The van der Waals surface area contributed by atoms with E-state index in [2.05, 4.69) is 31.8 Å². The van der Waals surface area contributed by atoms with Crippen molar-refractivity contribution in [2.75, 3.05) is 13.9 Å². The van der Waals surface area contributed by atoms with E-state index in [4.69, 9.17) is 18.9 Å². The molecule has 1 aliphatic rings. The highest BCUT2D eigenvalue weighted by atomic mass is 79.9. The number of carbonyl (C=O) groups excluding carboxylic acids is 2. The average molecular weight is 540 g/mol. The summed E-state index contributed by atoms with van der Waals surface area (Å²) in [6.45, 7) is 0.708. The highest BCUT2D eigenvalue weighted by Crippen LogP contribution is 2.32. The summed E-state index contributed by atoms with van der Waals surface area (Å²) in [6.07, 6.45) is 1.41. The normalized spacial score (nSPS) is 11.8. The van der Waals surface area contributed by atoms with E-state index < -0.39 is 11.8 Å². The number of nitrogens with zero attached hydrogens (tertiary/aromatic N) is 1. The Morgan fingerprint density at radius 3 is 2.54 bits per heavy atom. The summed E-state index contributed by atoms with van der Waals surface area (Å²) in [5.41, 5.74) is 4.65. The van der Waals surface area contributed by atoms with E-state index in [9.17, 15) is 9.59 Å². The third kappa shape index (κ3) is 6.51.